The zero-order valence-electron chi connectivity index (χ0n) is 21.3. The third kappa shape index (κ3) is 4.77. The van der Waals surface area contributed by atoms with E-state index in [1.165, 1.54) is 5.56 Å². The monoisotopic (exact) mass is 493 g/mol. The van der Waals surface area contributed by atoms with Gasteiger partial charge in [0.1, 0.15) is 6.07 Å². The van der Waals surface area contributed by atoms with Gasteiger partial charge in [-0.2, -0.15) is 15.8 Å². The summed E-state index contributed by atoms with van der Waals surface area (Å²) in [5.41, 5.74) is 7.78. The van der Waals surface area contributed by atoms with E-state index >= 15 is 0 Å². The summed E-state index contributed by atoms with van der Waals surface area (Å²) < 4.78 is 11.8. The van der Waals surface area contributed by atoms with Gasteiger partial charge in [0.15, 0.2) is 16.9 Å². The lowest BCUT2D eigenvalue weighted by atomic mass is 9.58. The maximum absolute atomic E-state index is 10.4. The van der Waals surface area contributed by atoms with Gasteiger partial charge >= 0.3 is 0 Å². The molecule has 2 aromatic carbocycles. The highest BCUT2D eigenvalue weighted by Crippen LogP contribution is 2.55. The number of nitrogens with zero attached hydrogens (tertiary/aromatic N) is 4. The number of ether oxygens (including phenoxy) is 2. The Morgan fingerprint density at radius 2 is 1.78 bits per heavy atom. The quantitative estimate of drug-likeness (QED) is 0.561. The molecule has 1 aliphatic heterocycles. The predicted octanol–water partition coefficient (Wildman–Crippen LogP) is 4.80. The van der Waals surface area contributed by atoms with Crippen molar-refractivity contribution in [1.82, 2.24) is 4.90 Å². The number of nitrogens with two attached hydrogens (primary N) is 1. The molecular weight excluding hydrogens is 462 g/mol. The van der Waals surface area contributed by atoms with Crippen LogP contribution in [0, 0.1) is 45.3 Å². The molecule has 0 bridgehead atoms. The summed E-state index contributed by atoms with van der Waals surface area (Å²) in [5.74, 6) is 0.308. The first-order chi connectivity index (χ1) is 18.0. The van der Waals surface area contributed by atoms with Crippen LogP contribution in [-0.4, -0.2) is 31.2 Å². The SMILES string of the molecule is CCCOc1ccc([C@H]2[C@H]3CN(Cc4ccccc4)CC=C3C(C#N)=C(N)C2(C#N)C#N)cc1OCC. The molecule has 0 unspecified atom stereocenters. The summed E-state index contributed by atoms with van der Waals surface area (Å²) in [7, 11) is 0. The molecule has 188 valence electrons. The van der Waals surface area contributed by atoms with E-state index < -0.39 is 11.3 Å². The Labute approximate surface area is 218 Å². The normalized spacial score (nSPS) is 20.6. The first kappa shape index (κ1) is 25.8. The number of allylic oxidation sites excluding steroid dienone is 2. The molecule has 0 radical (unpaired) electrons. The van der Waals surface area contributed by atoms with Gasteiger partial charge in [-0.05, 0) is 42.2 Å². The van der Waals surface area contributed by atoms with Crippen molar-refractivity contribution in [3.63, 3.8) is 0 Å². The zero-order chi connectivity index (χ0) is 26.4. The van der Waals surface area contributed by atoms with E-state index in [-0.39, 0.29) is 17.2 Å². The van der Waals surface area contributed by atoms with Crippen molar-refractivity contribution in [2.45, 2.75) is 32.7 Å². The predicted molar refractivity (Wildman–Crippen MR) is 140 cm³/mol. The van der Waals surface area contributed by atoms with E-state index in [1.54, 1.807) is 0 Å². The Hall–Kier alpha value is -4.25. The van der Waals surface area contributed by atoms with Crippen molar-refractivity contribution in [2.24, 2.45) is 17.1 Å². The fraction of sp³-hybridized carbons (Fsp3) is 0.367. The second-order valence-corrected chi connectivity index (χ2v) is 9.34. The highest BCUT2D eigenvalue weighted by Gasteiger charge is 2.54. The van der Waals surface area contributed by atoms with Crippen LogP contribution in [0.15, 0.2) is 71.5 Å². The molecule has 4 rings (SSSR count). The van der Waals surface area contributed by atoms with E-state index in [0.29, 0.717) is 37.8 Å². The van der Waals surface area contributed by atoms with E-state index in [9.17, 15) is 15.8 Å². The largest absolute Gasteiger partial charge is 0.490 e. The smallest absolute Gasteiger partial charge is 0.191 e. The molecule has 0 amide bonds. The summed E-state index contributed by atoms with van der Waals surface area (Å²) in [5, 5.41) is 30.8. The minimum atomic E-state index is -1.70. The Morgan fingerprint density at radius 3 is 2.43 bits per heavy atom. The lowest BCUT2D eigenvalue weighted by Crippen LogP contribution is -2.47. The van der Waals surface area contributed by atoms with Crippen LogP contribution in [0.25, 0.3) is 0 Å². The Morgan fingerprint density at radius 1 is 1.03 bits per heavy atom. The standard InChI is InChI=1S/C30H31N5O2/c1-3-14-37-26-11-10-22(15-27(26)36-4-2)28-25-18-35(17-21-8-6-5-7-9-21)13-12-23(25)24(16-31)29(34)30(28,19-32)20-33/h5-12,15,25,28H,3-4,13-14,17-18,34H2,1-2H3/t25-,28-/m0/s1. The van der Waals surface area contributed by atoms with Crippen LogP contribution in [0.2, 0.25) is 0 Å². The highest BCUT2D eigenvalue weighted by atomic mass is 16.5. The molecule has 2 aliphatic rings. The van der Waals surface area contributed by atoms with E-state index in [4.69, 9.17) is 15.2 Å². The first-order valence-corrected chi connectivity index (χ1v) is 12.6. The van der Waals surface area contributed by atoms with Gasteiger partial charge in [-0.15, -0.1) is 0 Å². The molecule has 0 spiro atoms. The molecule has 7 nitrogen and oxygen atoms in total. The van der Waals surface area contributed by atoms with E-state index in [1.807, 2.05) is 56.3 Å². The second-order valence-electron chi connectivity index (χ2n) is 9.34. The number of rotatable bonds is 8. The van der Waals surface area contributed by atoms with Gasteiger partial charge in [-0.1, -0.05) is 49.4 Å². The third-order valence-electron chi connectivity index (χ3n) is 7.08. The van der Waals surface area contributed by atoms with E-state index in [0.717, 1.165) is 24.1 Å². The molecule has 2 aromatic rings. The summed E-state index contributed by atoms with van der Waals surface area (Å²) in [6, 6.07) is 22.4. The zero-order valence-corrected chi connectivity index (χ0v) is 21.3. The molecule has 0 fully saturated rings. The van der Waals surface area contributed by atoms with Gasteiger partial charge in [0.25, 0.3) is 0 Å². The minimum absolute atomic E-state index is 0.0216. The number of nitriles is 3. The van der Waals surface area contributed by atoms with Gasteiger partial charge in [-0.3, -0.25) is 4.90 Å². The van der Waals surface area contributed by atoms with Crippen molar-refractivity contribution >= 4 is 0 Å². The Bertz CT molecular complexity index is 1310. The maximum atomic E-state index is 10.4. The average molecular weight is 494 g/mol. The van der Waals surface area contributed by atoms with Crippen LogP contribution in [0.5, 0.6) is 11.5 Å². The van der Waals surface area contributed by atoms with Crippen molar-refractivity contribution in [3.05, 3.63) is 82.6 Å². The van der Waals surface area contributed by atoms with Gasteiger partial charge in [0.2, 0.25) is 0 Å². The molecule has 1 aliphatic carbocycles. The highest BCUT2D eigenvalue weighted by molar-refractivity contribution is 5.60. The molecule has 2 atom stereocenters. The van der Waals surface area contributed by atoms with Gasteiger partial charge < -0.3 is 15.2 Å². The number of benzene rings is 2. The maximum Gasteiger partial charge on any atom is 0.191 e. The molecule has 2 N–H and O–H groups in total. The first-order valence-electron chi connectivity index (χ1n) is 12.6. The molecule has 0 aromatic heterocycles. The summed E-state index contributed by atoms with van der Waals surface area (Å²) in [4.78, 5) is 2.27. The Balaban J connectivity index is 1.84. The van der Waals surface area contributed by atoms with Crippen LogP contribution >= 0.6 is 0 Å². The van der Waals surface area contributed by atoms with Crippen molar-refractivity contribution in [2.75, 3.05) is 26.3 Å². The number of hydrogen-bond donors (Lipinski definition) is 1. The molecular formula is C30H31N5O2. The molecule has 37 heavy (non-hydrogen) atoms. The van der Waals surface area contributed by atoms with Gasteiger partial charge in [-0.25, -0.2) is 0 Å². The number of hydrogen-bond acceptors (Lipinski definition) is 7. The lowest BCUT2D eigenvalue weighted by Gasteiger charge is -2.45. The molecule has 0 saturated heterocycles. The van der Waals surface area contributed by atoms with Crippen LogP contribution in [0.1, 0.15) is 37.3 Å². The molecule has 0 saturated carbocycles. The topological polar surface area (TPSA) is 119 Å². The van der Waals surface area contributed by atoms with Gasteiger partial charge in [0, 0.05) is 31.5 Å². The molecule has 7 heteroatoms. The second kappa shape index (κ2) is 11.2. The van der Waals surface area contributed by atoms with Crippen molar-refractivity contribution < 1.29 is 9.47 Å². The average Bonchev–Trinajstić information content (AvgIpc) is 2.93. The summed E-state index contributed by atoms with van der Waals surface area (Å²) in [6.45, 7) is 6.86. The summed E-state index contributed by atoms with van der Waals surface area (Å²) >= 11 is 0. The Kier molecular flexibility index (Phi) is 7.83. The third-order valence-corrected chi connectivity index (χ3v) is 7.08. The fourth-order valence-corrected chi connectivity index (χ4v) is 5.40. The van der Waals surface area contributed by atoms with Crippen LogP contribution in [0.4, 0.5) is 0 Å². The fourth-order valence-electron chi connectivity index (χ4n) is 5.40. The van der Waals surface area contributed by atoms with E-state index in [2.05, 4.69) is 35.2 Å². The number of fused-ring (bicyclic) bond motifs is 1. The minimum Gasteiger partial charge on any atom is -0.490 e. The van der Waals surface area contributed by atoms with Crippen molar-refractivity contribution in [3.8, 4) is 29.7 Å². The van der Waals surface area contributed by atoms with Gasteiger partial charge in [0.05, 0.1) is 36.6 Å². The summed E-state index contributed by atoms with van der Waals surface area (Å²) in [6.07, 6.45) is 2.88. The molecule has 1 heterocycles. The van der Waals surface area contributed by atoms with Crippen molar-refractivity contribution in [1.29, 1.82) is 15.8 Å². The van der Waals surface area contributed by atoms with Crippen LogP contribution < -0.4 is 15.2 Å². The lowest BCUT2D eigenvalue weighted by molar-refractivity contribution is 0.200. The van der Waals surface area contributed by atoms with Crippen LogP contribution in [-0.2, 0) is 6.54 Å². The van der Waals surface area contributed by atoms with Crippen LogP contribution in [0.3, 0.4) is 0 Å².